The van der Waals surface area contributed by atoms with E-state index in [-0.39, 0.29) is 0 Å². The summed E-state index contributed by atoms with van der Waals surface area (Å²) < 4.78 is 62.4. The number of rotatable bonds is 2. The Bertz CT molecular complexity index is 557. The van der Waals surface area contributed by atoms with Crippen LogP contribution in [0.1, 0.15) is 12.0 Å². The third kappa shape index (κ3) is 2.35. The van der Waals surface area contributed by atoms with Crippen molar-refractivity contribution in [2.24, 2.45) is 0 Å². The van der Waals surface area contributed by atoms with E-state index in [1.165, 1.54) is 6.20 Å². The summed E-state index contributed by atoms with van der Waals surface area (Å²) in [4.78, 5) is 3.55. The van der Waals surface area contributed by atoms with Crippen LogP contribution in [0.4, 0.5) is 18.9 Å². The maximum atomic E-state index is 12.2. The van der Waals surface area contributed by atoms with Gasteiger partial charge in [0.2, 0.25) is 5.88 Å². The molecular weight excluding hydrogens is 273 g/mol. The van der Waals surface area contributed by atoms with Crippen LogP contribution in [0.2, 0.25) is 0 Å². The van der Waals surface area contributed by atoms with Crippen LogP contribution in [0, 0.1) is 0 Å². The lowest BCUT2D eigenvalue weighted by atomic mass is 10.1. The number of hydrogen-bond acceptors (Lipinski definition) is 5. The smallest absolute Gasteiger partial charge is 0.385 e. The molecule has 2 rings (SSSR count). The summed E-state index contributed by atoms with van der Waals surface area (Å²) in [5.41, 5.74) is -4.57. The van der Waals surface area contributed by atoms with Gasteiger partial charge in [-0.25, -0.2) is 4.98 Å². The van der Waals surface area contributed by atoms with Crippen LogP contribution in [-0.4, -0.2) is 25.5 Å². The number of hydrogen-bond donors (Lipinski definition) is 1. The molecule has 100 valence electrons. The Hall–Kier alpha value is -1.51. The number of alkyl halides is 3. The lowest BCUT2D eigenvalue weighted by molar-refractivity contribution is -0.0501. The van der Waals surface area contributed by atoms with E-state index in [0.717, 1.165) is 0 Å². The van der Waals surface area contributed by atoms with Gasteiger partial charge in [-0.3, -0.25) is 0 Å². The summed E-state index contributed by atoms with van der Waals surface area (Å²) >= 11 is 0. The third-order valence-corrected chi connectivity index (χ3v) is 3.35. The Morgan fingerprint density at radius 1 is 1.39 bits per heavy atom. The standard InChI is InChI=1S/C9H9F3N2O3S/c10-9(11,12)18(15,16)17-8-6-2-1-4-13-7(6)3-5-14-8/h3,5,13H,1-2,4H2. The monoisotopic (exact) mass is 282 g/mol. The largest absolute Gasteiger partial charge is 0.534 e. The quantitative estimate of drug-likeness (QED) is 0.660. The van der Waals surface area contributed by atoms with E-state index in [1.807, 2.05) is 0 Å². The van der Waals surface area contributed by atoms with Gasteiger partial charge in [0.05, 0.1) is 0 Å². The molecule has 0 saturated carbocycles. The number of nitrogens with one attached hydrogen (secondary N) is 1. The number of nitrogens with zero attached hydrogens (tertiary/aromatic N) is 1. The first-order chi connectivity index (χ1) is 8.31. The van der Waals surface area contributed by atoms with Crippen molar-refractivity contribution in [3.8, 4) is 5.88 Å². The highest BCUT2D eigenvalue weighted by atomic mass is 32.2. The fraction of sp³-hybridized carbons (Fsp3) is 0.444. The topological polar surface area (TPSA) is 68.3 Å². The second-order valence-corrected chi connectivity index (χ2v) is 5.19. The summed E-state index contributed by atoms with van der Waals surface area (Å²) in [5.74, 6) is -0.517. The molecule has 1 aromatic heterocycles. The number of fused-ring (bicyclic) bond motifs is 1. The molecule has 0 atom stereocenters. The molecule has 0 amide bonds. The lowest BCUT2D eigenvalue weighted by Crippen LogP contribution is -2.29. The van der Waals surface area contributed by atoms with E-state index >= 15 is 0 Å². The minimum absolute atomic E-state index is 0.344. The zero-order valence-electron chi connectivity index (χ0n) is 8.99. The van der Waals surface area contributed by atoms with Crippen molar-refractivity contribution in [2.75, 3.05) is 11.9 Å². The molecular formula is C9H9F3N2O3S. The molecule has 1 aromatic rings. The Morgan fingerprint density at radius 2 is 2.11 bits per heavy atom. The highest BCUT2D eigenvalue weighted by Crippen LogP contribution is 2.32. The molecule has 0 spiro atoms. The van der Waals surface area contributed by atoms with Crippen LogP contribution in [-0.2, 0) is 16.5 Å². The predicted octanol–water partition coefficient (Wildman–Crippen LogP) is 1.67. The molecule has 0 bridgehead atoms. The SMILES string of the molecule is O=S(=O)(Oc1nccc2c1CCCN2)C(F)(F)F. The van der Waals surface area contributed by atoms with Gasteiger partial charge in [-0.2, -0.15) is 21.6 Å². The van der Waals surface area contributed by atoms with Gasteiger partial charge < -0.3 is 9.50 Å². The Morgan fingerprint density at radius 3 is 2.78 bits per heavy atom. The Labute approximate surface area is 101 Å². The van der Waals surface area contributed by atoms with E-state index in [9.17, 15) is 21.6 Å². The molecule has 0 saturated heterocycles. The lowest BCUT2D eigenvalue weighted by Gasteiger charge is -2.19. The van der Waals surface area contributed by atoms with Crippen LogP contribution in [0.15, 0.2) is 12.3 Å². The summed E-state index contributed by atoms with van der Waals surface area (Å²) in [6, 6.07) is 1.56. The minimum Gasteiger partial charge on any atom is -0.385 e. The molecule has 0 unspecified atom stereocenters. The van der Waals surface area contributed by atoms with Crippen LogP contribution < -0.4 is 9.50 Å². The molecule has 0 aliphatic carbocycles. The average molecular weight is 282 g/mol. The van der Waals surface area contributed by atoms with Crippen LogP contribution in [0.25, 0.3) is 0 Å². The number of halogens is 3. The van der Waals surface area contributed by atoms with Crippen LogP contribution >= 0.6 is 0 Å². The van der Waals surface area contributed by atoms with Gasteiger partial charge in [-0.15, -0.1) is 0 Å². The van der Waals surface area contributed by atoms with Crippen LogP contribution in [0.5, 0.6) is 5.88 Å². The molecule has 0 fully saturated rings. The van der Waals surface area contributed by atoms with Gasteiger partial charge in [-0.05, 0) is 18.9 Å². The van der Waals surface area contributed by atoms with Gasteiger partial charge >= 0.3 is 15.6 Å². The van der Waals surface area contributed by atoms with Crippen molar-refractivity contribution >= 4 is 15.8 Å². The van der Waals surface area contributed by atoms with E-state index < -0.39 is 21.5 Å². The van der Waals surface area contributed by atoms with Gasteiger partial charge in [0.15, 0.2) is 0 Å². The van der Waals surface area contributed by atoms with Crippen molar-refractivity contribution in [1.82, 2.24) is 4.98 Å². The van der Waals surface area contributed by atoms with Crippen LogP contribution in [0.3, 0.4) is 0 Å². The molecule has 2 heterocycles. The van der Waals surface area contributed by atoms with E-state index in [0.29, 0.717) is 30.6 Å². The second-order valence-electron chi connectivity index (χ2n) is 3.66. The number of aromatic nitrogens is 1. The van der Waals surface area contributed by atoms with Crippen molar-refractivity contribution in [3.63, 3.8) is 0 Å². The number of pyridine rings is 1. The molecule has 0 aromatic carbocycles. The zero-order chi connectivity index (χ0) is 13.4. The molecule has 0 radical (unpaired) electrons. The Kier molecular flexibility index (Phi) is 3.09. The summed E-state index contributed by atoms with van der Waals surface area (Å²) in [5, 5.41) is 2.93. The first-order valence-electron chi connectivity index (χ1n) is 5.04. The normalized spacial score (nSPS) is 15.7. The van der Waals surface area contributed by atoms with Gasteiger partial charge in [0.1, 0.15) is 0 Å². The van der Waals surface area contributed by atoms with Gasteiger partial charge in [0.25, 0.3) is 0 Å². The van der Waals surface area contributed by atoms with Crippen molar-refractivity contribution < 1.29 is 25.8 Å². The first-order valence-corrected chi connectivity index (χ1v) is 6.44. The predicted molar refractivity (Wildman–Crippen MR) is 56.7 cm³/mol. The maximum Gasteiger partial charge on any atom is 0.534 e. The van der Waals surface area contributed by atoms with Gasteiger partial charge in [0, 0.05) is 24.0 Å². The van der Waals surface area contributed by atoms with Crippen molar-refractivity contribution in [1.29, 1.82) is 0 Å². The molecule has 18 heavy (non-hydrogen) atoms. The summed E-state index contributed by atoms with van der Waals surface area (Å²) in [7, 11) is -5.67. The minimum atomic E-state index is -5.67. The molecule has 5 nitrogen and oxygen atoms in total. The number of anilines is 1. The second kappa shape index (κ2) is 4.30. The summed E-state index contributed by atoms with van der Waals surface area (Å²) in [6.07, 6.45) is 2.28. The maximum absolute atomic E-state index is 12.2. The first kappa shape index (κ1) is 12.9. The molecule has 1 aliphatic rings. The highest BCUT2D eigenvalue weighted by molar-refractivity contribution is 7.87. The van der Waals surface area contributed by atoms with E-state index in [1.54, 1.807) is 6.07 Å². The van der Waals surface area contributed by atoms with Gasteiger partial charge in [-0.1, -0.05) is 0 Å². The highest BCUT2D eigenvalue weighted by Gasteiger charge is 2.49. The summed E-state index contributed by atoms with van der Waals surface area (Å²) in [6.45, 7) is 0.669. The van der Waals surface area contributed by atoms with Crippen molar-refractivity contribution in [2.45, 2.75) is 18.3 Å². The fourth-order valence-corrected chi connectivity index (χ4v) is 2.04. The van der Waals surface area contributed by atoms with Crippen molar-refractivity contribution in [3.05, 3.63) is 17.8 Å². The molecule has 1 N–H and O–H groups in total. The van der Waals surface area contributed by atoms with E-state index in [2.05, 4.69) is 14.5 Å². The molecule has 1 aliphatic heterocycles. The average Bonchev–Trinajstić information content (AvgIpc) is 2.27. The Balaban J connectivity index is 2.36. The molecule has 9 heteroatoms. The zero-order valence-corrected chi connectivity index (χ0v) is 9.81. The fourth-order valence-electron chi connectivity index (χ4n) is 1.59. The van der Waals surface area contributed by atoms with E-state index in [4.69, 9.17) is 0 Å². The third-order valence-electron chi connectivity index (χ3n) is 2.41.